The molecule has 0 saturated heterocycles. The topological polar surface area (TPSA) is 47.3 Å². The molecule has 2 aromatic rings. The number of halogens is 2. The lowest BCUT2D eigenvalue weighted by molar-refractivity contribution is 0.204. The highest BCUT2D eigenvalue weighted by atomic mass is 79.9. The number of ether oxygens (including phenoxy) is 1. The second kappa shape index (κ2) is 5.30. The van der Waals surface area contributed by atoms with Gasteiger partial charge in [0, 0.05) is 17.1 Å². The van der Waals surface area contributed by atoms with Crippen molar-refractivity contribution in [2.45, 2.75) is 6.10 Å². The molecule has 1 aromatic carbocycles. The Morgan fingerprint density at radius 3 is 2.89 bits per heavy atom. The van der Waals surface area contributed by atoms with Crippen LogP contribution in [0.3, 0.4) is 0 Å². The summed E-state index contributed by atoms with van der Waals surface area (Å²) in [7, 11) is 3.28. The van der Waals surface area contributed by atoms with E-state index in [1.54, 1.807) is 24.0 Å². The summed E-state index contributed by atoms with van der Waals surface area (Å²) >= 11 is 9.51. The Morgan fingerprint density at radius 1 is 1.50 bits per heavy atom. The second-order valence-corrected chi connectivity index (χ2v) is 5.00. The quantitative estimate of drug-likeness (QED) is 0.940. The number of hydrogen-bond acceptors (Lipinski definition) is 3. The fourth-order valence-corrected chi connectivity index (χ4v) is 2.39. The van der Waals surface area contributed by atoms with E-state index in [-0.39, 0.29) is 0 Å². The van der Waals surface area contributed by atoms with Gasteiger partial charge in [-0.2, -0.15) is 5.10 Å². The first kappa shape index (κ1) is 13.4. The van der Waals surface area contributed by atoms with E-state index >= 15 is 0 Å². The lowest BCUT2D eigenvalue weighted by Crippen LogP contribution is -2.08. The second-order valence-electron chi connectivity index (χ2n) is 3.77. The van der Waals surface area contributed by atoms with Gasteiger partial charge < -0.3 is 9.84 Å². The zero-order chi connectivity index (χ0) is 13.3. The predicted molar refractivity (Wildman–Crippen MR) is 73.0 cm³/mol. The van der Waals surface area contributed by atoms with Gasteiger partial charge in [-0.05, 0) is 22.0 Å². The van der Waals surface area contributed by atoms with Gasteiger partial charge >= 0.3 is 0 Å². The number of aliphatic hydroxyl groups is 1. The molecule has 1 atom stereocenters. The maximum atomic E-state index is 10.4. The van der Waals surface area contributed by atoms with E-state index in [0.717, 1.165) is 4.47 Å². The molecule has 2 rings (SSSR count). The normalized spacial score (nSPS) is 12.5. The molecule has 0 radical (unpaired) electrons. The van der Waals surface area contributed by atoms with Gasteiger partial charge in [0.15, 0.2) is 5.75 Å². The summed E-state index contributed by atoms with van der Waals surface area (Å²) in [5.41, 5.74) is 1.17. The predicted octanol–water partition coefficient (Wildman–Crippen LogP) is 2.93. The van der Waals surface area contributed by atoms with Crippen LogP contribution in [0.15, 0.2) is 28.9 Å². The molecule has 0 aliphatic heterocycles. The molecule has 0 bridgehead atoms. The third kappa shape index (κ3) is 2.25. The molecule has 0 fully saturated rings. The molecule has 0 amide bonds. The fourth-order valence-electron chi connectivity index (χ4n) is 1.77. The lowest BCUT2D eigenvalue weighted by atomic mass is 10.1. The summed E-state index contributed by atoms with van der Waals surface area (Å²) < 4.78 is 7.49. The van der Waals surface area contributed by atoms with Crippen molar-refractivity contribution in [3.63, 3.8) is 0 Å². The van der Waals surface area contributed by atoms with Crippen molar-refractivity contribution < 1.29 is 9.84 Å². The first-order valence-corrected chi connectivity index (χ1v) is 6.41. The maximum absolute atomic E-state index is 10.4. The Kier molecular flexibility index (Phi) is 3.94. The molecule has 18 heavy (non-hydrogen) atoms. The van der Waals surface area contributed by atoms with Crippen molar-refractivity contribution in [1.29, 1.82) is 0 Å². The molecule has 0 spiro atoms. The average Bonchev–Trinajstić information content (AvgIpc) is 2.73. The number of aromatic nitrogens is 2. The lowest BCUT2D eigenvalue weighted by Gasteiger charge is -2.15. The highest BCUT2D eigenvalue weighted by molar-refractivity contribution is 9.10. The molecular formula is C12H12BrClN2O2. The summed E-state index contributed by atoms with van der Waals surface area (Å²) in [4.78, 5) is 0. The molecule has 1 heterocycles. The standard InChI is InChI=1S/C12H12BrClN2O2/c1-16-11(9(18-2)6-15-16)12(17)7-4-3-5-8(13)10(7)14/h3-6,12,17H,1-2H3. The minimum atomic E-state index is -0.891. The van der Waals surface area contributed by atoms with Crippen LogP contribution in [-0.2, 0) is 7.05 Å². The largest absolute Gasteiger partial charge is 0.493 e. The van der Waals surface area contributed by atoms with Crippen LogP contribution in [0.5, 0.6) is 5.75 Å². The van der Waals surface area contributed by atoms with Crippen molar-refractivity contribution in [2.75, 3.05) is 7.11 Å². The summed E-state index contributed by atoms with van der Waals surface area (Å²) in [6.45, 7) is 0. The summed E-state index contributed by atoms with van der Waals surface area (Å²) in [5, 5.41) is 15.0. The third-order valence-electron chi connectivity index (χ3n) is 2.70. The van der Waals surface area contributed by atoms with Gasteiger partial charge in [0.25, 0.3) is 0 Å². The fraction of sp³-hybridized carbons (Fsp3) is 0.250. The van der Waals surface area contributed by atoms with Crippen LogP contribution in [-0.4, -0.2) is 22.0 Å². The van der Waals surface area contributed by atoms with Gasteiger partial charge in [-0.15, -0.1) is 0 Å². The number of nitrogens with zero attached hydrogens (tertiary/aromatic N) is 2. The van der Waals surface area contributed by atoms with Crippen molar-refractivity contribution in [3.8, 4) is 5.75 Å². The SMILES string of the molecule is COc1cnn(C)c1C(O)c1cccc(Br)c1Cl. The smallest absolute Gasteiger partial charge is 0.162 e. The van der Waals surface area contributed by atoms with Gasteiger partial charge in [-0.1, -0.05) is 23.7 Å². The minimum Gasteiger partial charge on any atom is -0.493 e. The summed E-state index contributed by atoms with van der Waals surface area (Å²) in [6.07, 6.45) is 0.669. The minimum absolute atomic E-state index is 0.480. The Morgan fingerprint density at radius 2 is 2.22 bits per heavy atom. The molecular weight excluding hydrogens is 320 g/mol. The molecule has 0 saturated carbocycles. The Balaban J connectivity index is 2.51. The molecule has 4 nitrogen and oxygen atoms in total. The van der Waals surface area contributed by atoms with Crippen molar-refractivity contribution >= 4 is 27.5 Å². The maximum Gasteiger partial charge on any atom is 0.162 e. The first-order chi connectivity index (χ1) is 8.56. The number of aryl methyl sites for hydroxylation is 1. The van der Waals surface area contributed by atoms with Crippen LogP contribution in [0.1, 0.15) is 17.4 Å². The van der Waals surface area contributed by atoms with E-state index in [1.165, 1.54) is 7.11 Å². The van der Waals surface area contributed by atoms with E-state index in [4.69, 9.17) is 16.3 Å². The van der Waals surface area contributed by atoms with Gasteiger partial charge in [0.1, 0.15) is 11.8 Å². The van der Waals surface area contributed by atoms with Gasteiger partial charge in [0.05, 0.1) is 18.3 Å². The van der Waals surface area contributed by atoms with Crippen LogP contribution in [0.25, 0.3) is 0 Å². The van der Waals surface area contributed by atoms with Gasteiger partial charge in [0.2, 0.25) is 0 Å². The number of methoxy groups -OCH3 is 1. The average molecular weight is 332 g/mol. The third-order valence-corrected chi connectivity index (χ3v) is 4.02. The van der Waals surface area contributed by atoms with Crippen LogP contribution in [0.2, 0.25) is 5.02 Å². The van der Waals surface area contributed by atoms with Gasteiger partial charge in [-0.3, -0.25) is 4.68 Å². The molecule has 1 aromatic heterocycles. The first-order valence-electron chi connectivity index (χ1n) is 5.24. The molecule has 0 aliphatic carbocycles. The van der Waals surface area contributed by atoms with Crippen molar-refractivity contribution in [3.05, 3.63) is 45.1 Å². The zero-order valence-electron chi connectivity index (χ0n) is 9.89. The van der Waals surface area contributed by atoms with Crippen LogP contribution in [0.4, 0.5) is 0 Å². The molecule has 96 valence electrons. The molecule has 6 heteroatoms. The molecule has 1 N–H and O–H groups in total. The Bertz CT molecular complexity index is 571. The van der Waals surface area contributed by atoms with E-state index in [0.29, 0.717) is 22.0 Å². The molecule has 0 aliphatic rings. The highest BCUT2D eigenvalue weighted by Crippen LogP contribution is 2.36. The van der Waals surface area contributed by atoms with E-state index in [9.17, 15) is 5.11 Å². The highest BCUT2D eigenvalue weighted by Gasteiger charge is 2.22. The van der Waals surface area contributed by atoms with Crippen LogP contribution < -0.4 is 4.74 Å². The van der Waals surface area contributed by atoms with Crippen LogP contribution >= 0.6 is 27.5 Å². The van der Waals surface area contributed by atoms with E-state index in [1.807, 2.05) is 12.1 Å². The van der Waals surface area contributed by atoms with Gasteiger partial charge in [-0.25, -0.2) is 0 Å². The van der Waals surface area contributed by atoms with E-state index < -0.39 is 6.10 Å². The van der Waals surface area contributed by atoms with Crippen molar-refractivity contribution in [1.82, 2.24) is 9.78 Å². The monoisotopic (exact) mass is 330 g/mol. The Labute approximate surface area is 118 Å². The number of hydrogen-bond donors (Lipinski definition) is 1. The Hall–Kier alpha value is -1.04. The number of benzene rings is 1. The van der Waals surface area contributed by atoms with Crippen LogP contribution in [0, 0.1) is 0 Å². The van der Waals surface area contributed by atoms with Crippen molar-refractivity contribution in [2.24, 2.45) is 7.05 Å². The zero-order valence-corrected chi connectivity index (χ0v) is 12.2. The molecule has 1 unspecified atom stereocenters. The summed E-state index contributed by atoms with van der Waals surface area (Å²) in [6, 6.07) is 5.40. The summed E-state index contributed by atoms with van der Waals surface area (Å²) in [5.74, 6) is 0.529. The number of aliphatic hydroxyl groups excluding tert-OH is 1. The number of rotatable bonds is 3. The van der Waals surface area contributed by atoms with E-state index in [2.05, 4.69) is 21.0 Å².